The molecular formula is C14H15N3O4. The van der Waals surface area contributed by atoms with Crippen LogP contribution in [0.25, 0.3) is 17.1 Å². The van der Waals surface area contributed by atoms with Crippen LogP contribution in [0.15, 0.2) is 27.9 Å². The molecular weight excluding hydrogens is 274 g/mol. The number of ether oxygens (including phenoxy) is 1. The number of pyridine rings is 1. The van der Waals surface area contributed by atoms with Crippen molar-refractivity contribution in [2.24, 2.45) is 0 Å². The Morgan fingerprint density at radius 1 is 1.29 bits per heavy atom. The van der Waals surface area contributed by atoms with Gasteiger partial charge in [0.15, 0.2) is 0 Å². The van der Waals surface area contributed by atoms with E-state index in [0.29, 0.717) is 5.56 Å². The second-order valence-electron chi connectivity index (χ2n) is 5.44. The molecule has 0 fully saturated rings. The number of hydrogen-bond acceptors (Lipinski definition) is 5. The minimum absolute atomic E-state index is 0.193. The molecule has 2 rings (SSSR count). The van der Waals surface area contributed by atoms with Gasteiger partial charge < -0.3 is 4.74 Å². The molecule has 0 amide bonds. The number of nitrogens with one attached hydrogen (secondary N) is 2. The molecule has 2 N–H and O–H groups in total. The topological polar surface area (TPSA) is 105 Å². The SMILES string of the molecule is CC(C)(C)OC(=O)C=Cc1cnc2[nH]c(=O)[nH]c(=O)c2c1. The number of esters is 1. The molecule has 7 nitrogen and oxygen atoms in total. The van der Waals surface area contributed by atoms with E-state index in [0.717, 1.165) is 0 Å². The molecule has 2 heterocycles. The number of nitrogens with zero attached hydrogens (tertiary/aromatic N) is 1. The smallest absolute Gasteiger partial charge is 0.331 e. The number of hydrogen-bond donors (Lipinski definition) is 2. The third kappa shape index (κ3) is 3.88. The van der Waals surface area contributed by atoms with Crippen molar-refractivity contribution in [1.82, 2.24) is 15.0 Å². The van der Waals surface area contributed by atoms with Gasteiger partial charge in [-0.25, -0.2) is 14.6 Å². The maximum Gasteiger partial charge on any atom is 0.331 e. The lowest BCUT2D eigenvalue weighted by atomic mass is 10.2. The third-order valence-electron chi connectivity index (χ3n) is 2.43. The van der Waals surface area contributed by atoms with Crippen LogP contribution < -0.4 is 11.2 Å². The zero-order chi connectivity index (χ0) is 15.6. The standard InChI is InChI=1S/C14H15N3O4/c1-14(2,3)21-10(18)5-4-8-6-9-11(15-7-8)16-13(20)17-12(9)19/h4-7H,1-3H3,(H2,15,16,17,19,20). The summed E-state index contributed by atoms with van der Waals surface area (Å²) in [5.41, 5.74) is -0.977. The van der Waals surface area contributed by atoms with E-state index >= 15 is 0 Å². The Labute approximate surface area is 119 Å². The summed E-state index contributed by atoms with van der Waals surface area (Å²) in [5, 5.41) is 0.237. The van der Waals surface area contributed by atoms with Crippen molar-refractivity contribution in [3.8, 4) is 0 Å². The summed E-state index contributed by atoms with van der Waals surface area (Å²) in [6.07, 6.45) is 4.19. The van der Waals surface area contributed by atoms with E-state index in [1.165, 1.54) is 24.4 Å². The molecule has 0 aliphatic rings. The van der Waals surface area contributed by atoms with Crippen molar-refractivity contribution in [3.05, 3.63) is 44.7 Å². The first-order valence-electron chi connectivity index (χ1n) is 6.28. The van der Waals surface area contributed by atoms with Crippen LogP contribution in [-0.4, -0.2) is 26.5 Å². The number of aromatic nitrogens is 3. The van der Waals surface area contributed by atoms with E-state index in [1.807, 2.05) is 0 Å². The van der Waals surface area contributed by atoms with Crippen molar-refractivity contribution in [2.45, 2.75) is 26.4 Å². The summed E-state index contributed by atoms with van der Waals surface area (Å²) < 4.78 is 5.12. The van der Waals surface area contributed by atoms with Crippen LogP contribution >= 0.6 is 0 Å². The fourth-order valence-corrected chi connectivity index (χ4v) is 1.65. The fraction of sp³-hybridized carbons (Fsp3) is 0.286. The molecule has 2 aromatic heterocycles. The Kier molecular flexibility index (Phi) is 3.75. The average Bonchev–Trinajstić information content (AvgIpc) is 2.34. The van der Waals surface area contributed by atoms with Gasteiger partial charge in [-0.2, -0.15) is 0 Å². The lowest BCUT2D eigenvalue weighted by Crippen LogP contribution is -2.22. The second-order valence-corrected chi connectivity index (χ2v) is 5.44. The largest absolute Gasteiger partial charge is 0.457 e. The predicted octanol–water partition coefficient (Wildman–Crippen LogP) is 0.966. The van der Waals surface area contributed by atoms with Gasteiger partial charge in [0.05, 0.1) is 5.39 Å². The van der Waals surface area contributed by atoms with E-state index in [2.05, 4.69) is 15.0 Å². The second kappa shape index (κ2) is 5.35. The lowest BCUT2D eigenvalue weighted by molar-refractivity contribution is -0.148. The van der Waals surface area contributed by atoms with E-state index < -0.39 is 22.8 Å². The molecule has 0 spiro atoms. The monoisotopic (exact) mass is 289 g/mol. The maximum atomic E-state index is 11.6. The van der Waals surface area contributed by atoms with Gasteiger partial charge in [0.1, 0.15) is 11.2 Å². The molecule has 21 heavy (non-hydrogen) atoms. The molecule has 0 atom stereocenters. The molecule has 0 unspecified atom stereocenters. The van der Waals surface area contributed by atoms with Gasteiger partial charge in [-0.1, -0.05) is 0 Å². The molecule has 0 aliphatic carbocycles. The van der Waals surface area contributed by atoms with Crippen LogP contribution in [-0.2, 0) is 9.53 Å². The van der Waals surface area contributed by atoms with Crippen molar-refractivity contribution >= 4 is 23.1 Å². The zero-order valence-corrected chi connectivity index (χ0v) is 11.9. The van der Waals surface area contributed by atoms with E-state index in [-0.39, 0.29) is 11.0 Å². The number of aromatic amines is 2. The van der Waals surface area contributed by atoms with Crippen LogP contribution in [0.2, 0.25) is 0 Å². The lowest BCUT2D eigenvalue weighted by Gasteiger charge is -2.17. The molecule has 110 valence electrons. The average molecular weight is 289 g/mol. The van der Waals surface area contributed by atoms with Gasteiger partial charge in [-0.15, -0.1) is 0 Å². The summed E-state index contributed by atoms with van der Waals surface area (Å²) in [5.74, 6) is -0.488. The number of carbonyl (C=O) groups is 1. The predicted molar refractivity (Wildman–Crippen MR) is 77.9 cm³/mol. The van der Waals surface area contributed by atoms with Crippen molar-refractivity contribution < 1.29 is 9.53 Å². The van der Waals surface area contributed by atoms with Crippen molar-refractivity contribution in [3.63, 3.8) is 0 Å². The van der Waals surface area contributed by atoms with Gasteiger partial charge in [0, 0.05) is 12.3 Å². The first-order valence-corrected chi connectivity index (χ1v) is 6.28. The zero-order valence-electron chi connectivity index (χ0n) is 11.9. The highest BCUT2D eigenvalue weighted by Crippen LogP contribution is 2.10. The fourth-order valence-electron chi connectivity index (χ4n) is 1.65. The Balaban J connectivity index is 2.30. The van der Waals surface area contributed by atoms with E-state index in [4.69, 9.17) is 4.74 Å². The Morgan fingerprint density at radius 3 is 2.67 bits per heavy atom. The van der Waals surface area contributed by atoms with Crippen molar-refractivity contribution in [1.29, 1.82) is 0 Å². The summed E-state index contributed by atoms with van der Waals surface area (Å²) in [6.45, 7) is 5.31. The third-order valence-corrected chi connectivity index (χ3v) is 2.43. The summed E-state index contributed by atoms with van der Waals surface area (Å²) in [6, 6.07) is 1.53. The summed E-state index contributed by atoms with van der Waals surface area (Å²) in [4.78, 5) is 42.8. The van der Waals surface area contributed by atoms with Crippen LogP contribution in [0, 0.1) is 0 Å². The first-order chi connectivity index (χ1) is 9.74. The Morgan fingerprint density at radius 2 is 2.00 bits per heavy atom. The highest BCUT2D eigenvalue weighted by Gasteiger charge is 2.13. The van der Waals surface area contributed by atoms with Crippen LogP contribution in [0.1, 0.15) is 26.3 Å². The van der Waals surface area contributed by atoms with E-state index in [9.17, 15) is 14.4 Å². The van der Waals surface area contributed by atoms with Gasteiger partial charge in [-0.3, -0.25) is 14.8 Å². The summed E-state index contributed by atoms with van der Waals surface area (Å²) in [7, 11) is 0. The number of rotatable bonds is 2. The Hall–Kier alpha value is -2.70. The van der Waals surface area contributed by atoms with Gasteiger partial charge in [0.25, 0.3) is 5.56 Å². The quantitative estimate of drug-likeness (QED) is 0.633. The molecule has 7 heteroatoms. The van der Waals surface area contributed by atoms with Crippen LogP contribution in [0.5, 0.6) is 0 Å². The van der Waals surface area contributed by atoms with E-state index in [1.54, 1.807) is 20.8 Å². The molecule has 0 aromatic carbocycles. The molecule has 0 aliphatic heterocycles. The Bertz CT molecular complexity index is 824. The van der Waals surface area contributed by atoms with Crippen molar-refractivity contribution in [2.75, 3.05) is 0 Å². The summed E-state index contributed by atoms with van der Waals surface area (Å²) >= 11 is 0. The number of fused-ring (bicyclic) bond motifs is 1. The van der Waals surface area contributed by atoms with Crippen LogP contribution in [0.4, 0.5) is 0 Å². The molecule has 0 saturated heterocycles. The normalized spacial score (nSPS) is 12.0. The van der Waals surface area contributed by atoms with Gasteiger partial charge in [-0.05, 0) is 38.5 Å². The minimum atomic E-state index is -0.614. The minimum Gasteiger partial charge on any atom is -0.457 e. The van der Waals surface area contributed by atoms with Gasteiger partial charge >= 0.3 is 11.7 Å². The molecule has 2 aromatic rings. The van der Waals surface area contributed by atoms with Gasteiger partial charge in [0.2, 0.25) is 0 Å². The first kappa shape index (κ1) is 14.7. The number of H-pyrrole nitrogens is 2. The van der Waals surface area contributed by atoms with Crippen LogP contribution in [0.3, 0.4) is 0 Å². The molecule has 0 radical (unpaired) electrons. The molecule has 0 bridgehead atoms. The molecule has 0 saturated carbocycles. The maximum absolute atomic E-state index is 11.6. The highest BCUT2D eigenvalue weighted by atomic mass is 16.6. The highest BCUT2D eigenvalue weighted by molar-refractivity contribution is 5.88. The number of carbonyl (C=O) groups excluding carboxylic acids is 1.